The van der Waals surface area contributed by atoms with Gasteiger partial charge in [0.15, 0.2) is 0 Å². The van der Waals surface area contributed by atoms with Gasteiger partial charge in [-0.3, -0.25) is 19.3 Å². The first-order valence-electron chi connectivity index (χ1n) is 9.50. The van der Waals surface area contributed by atoms with Crippen molar-refractivity contribution < 1.29 is 14.4 Å². The Hall–Kier alpha value is -2.14. The molecule has 3 fully saturated rings. The lowest BCUT2D eigenvalue weighted by molar-refractivity contribution is -0.146. The Morgan fingerprint density at radius 3 is 2.33 bits per heavy atom. The number of rotatable bonds is 3. The topological polar surface area (TPSA) is 66.5 Å². The zero-order valence-corrected chi connectivity index (χ0v) is 15.9. The Morgan fingerprint density at radius 2 is 1.74 bits per heavy atom. The molecule has 1 aliphatic heterocycles. The highest BCUT2D eigenvalue weighted by Crippen LogP contribution is 2.65. The standard InChI is InChI=1S/C21H21ClN2O3/c1-9-3-4-11(22)7-16(9)23-19(25)10(2)24-20(26)17-12-5-6-13(15-8-14(12)15)18(17)21(24)27/h3-7,10,12-15,17-18H,8H2,1-2H3,(H,23,25)/t10-,12+,13+,14+,15+,17-,18+/m0/s1. The van der Waals surface area contributed by atoms with E-state index in [4.69, 9.17) is 11.6 Å². The second-order valence-corrected chi connectivity index (χ2v) is 8.76. The summed E-state index contributed by atoms with van der Waals surface area (Å²) in [6.07, 6.45) is 5.39. The molecule has 2 saturated carbocycles. The van der Waals surface area contributed by atoms with Crippen LogP contribution < -0.4 is 5.32 Å². The molecular weight excluding hydrogens is 364 g/mol. The van der Waals surface area contributed by atoms with Gasteiger partial charge in [-0.1, -0.05) is 29.8 Å². The van der Waals surface area contributed by atoms with Crippen LogP contribution in [0.25, 0.3) is 0 Å². The number of anilines is 1. The highest BCUT2D eigenvalue weighted by Gasteiger charge is 2.67. The van der Waals surface area contributed by atoms with E-state index in [1.807, 2.05) is 13.0 Å². The van der Waals surface area contributed by atoms with Crippen molar-refractivity contribution in [2.24, 2.45) is 35.5 Å². The Morgan fingerprint density at radius 1 is 1.15 bits per heavy atom. The number of imide groups is 1. The van der Waals surface area contributed by atoms with Gasteiger partial charge in [0.05, 0.1) is 11.8 Å². The van der Waals surface area contributed by atoms with Gasteiger partial charge in [-0.2, -0.15) is 0 Å². The second-order valence-electron chi connectivity index (χ2n) is 8.33. The molecule has 1 N–H and O–H groups in total. The summed E-state index contributed by atoms with van der Waals surface area (Å²) >= 11 is 6.02. The molecule has 4 aliphatic carbocycles. The Labute approximate surface area is 162 Å². The van der Waals surface area contributed by atoms with Crippen LogP contribution in [0.5, 0.6) is 0 Å². The van der Waals surface area contributed by atoms with Crippen molar-refractivity contribution in [2.45, 2.75) is 26.3 Å². The highest BCUT2D eigenvalue weighted by molar-refractivity contribution is 6.31. The van der Waals surface area contributed by atoms with E-state index in [1.165, 1.54) is 4.90 Å². The van der Waals surface area contributed by atoms with Gasteiger partial charge in [-0.15, -0.1) is 0 Å². The third kappa shape index (κ3) is 2.34. The van der Waals surface area contributed by atoms with Gasteiger partial charge in [0.2, 0.25) is 17.7 Å². The van der Waals surface area contributed by atoms with Crippen LogP contribution in [0.3, 0.4) is 0 Å². The van der Waals surface area contributed by atoms with Gasteiger partial charge < -0.3 is 5.32 Å². The Kier molecular flexibility index (Phi) is 3.57. The molecule has 1 heterocycles. The van der Waals surface area contributed by atoms with Crippen molar-refractivity contribution in [2.75, 3.05) is 5.32 Å². The van der Waals surface area contributed by atoms with Crippen molar-refractivity contribution in [1.29, 1.82) is 0 Å². The number of carbonyl (C=O) groups excluding carboxylic acids is 3. The number of nitrogens with one attached hydrogen (secondary N) is 1. The average molecular weight is 385 g/mol. The summed E-state index contributed by atoms with van der Waals surface area (Å²) in [4.78, 5) is 40.2. The first kappa shape index (κ1) is 17.0. The molecule has 1 aromatic rings. The number of amides is 3. The molecule has 3 amide bonds. The van der Waals surface area contributed by atoms with E-state index in [9.17, 15) is 14.4 Å². The minimum atomic E-state index is -0.843. The van der Waals surface area contributed by atoms with Crippen LogP contribution in [0, 0.1) is 42.4 Å². The summed E-state index contributed by atoms with van der Waals surface area (Å²) in [5, 5.41) is 3.34. The number of aryl methyl sites for hydroxylation is 1. The molecule has 1 aromatic carbocycles. The lowest BCUT2D eigenvalue weighted by Crippen LogP contribution is -2.46. The monoisotopic (exact) mass is 384 g/mol. The van der Waals surface area contributed by atoms with Crippen LogP contribution in [0.1, 0.15) is 18.9 Å². The van der Waals surface area contributed by atoms with Crippen molar-refractivity contribution in [3.8, 4) is 0 Å². The second kappa shape index (κ2) is 5.68. The van der Waals surface area contributed by atoms with Gasteiger partial charge in [0.1, 0.15) is 6.04 Å². The Balaban J connectivity index is 1.39. The zero-order chi connectivity index (χ0) is 19.0. The molecule has 1 saturated heterocycles. The normalized spacial score (nSPS) is 36.5. The molecule has 0 spiro atoms. The van der Waals surface area contributed by atoms with Crippen LogP contribution in [0.2, 0.25) is 5.02 Å². The molecule has 6 heteroatoms. The summed E-state index contributed by atoms with van der Waals surface area (Å²) in [6.45, 7) is 3.49. The first-order valence-corrected chi connectivity index (χ1v) is 9.88. The molecule has 7 atom stereocenters. The predicted molar refractivity (Wildman–Crippen MR) is 101 cm³/mol. The van der Waals surface area contributed by atoms with Gasteiger partial charge >= 0.3 is 0 Å². The summed E-state index contributed by atoms with van der Waals surface area (Å²) < 4.78 is 0. The SMILES string of the molecule is Cc1ccc(Cl)cc1NC(=O)[C@H](C)N1C(=O)[C@@H]2[C@@H]3C=C[C@H]([C@H]4C[C@H]34)[C@@H]2C1=O. The molecule has 0 unspecified atom stereocenters. The van der Waals surface area contributed by atoms with Crippen LogP contribution in [-0.4, -0.2) is 28.7 Å². The number of hydrogen-bond acceptors (Lipinski definition) is 3. The predicted octanol–water partition coefficient (Wildman–Crippen LogP) is 3.03. The fraction of sp³-hybridized carbons (Fsp3) is 0.476. The summed E-state index contributed by atoms with van der Waals surface area (Å²) in [6, 6.07) is 4.40. The van der Waals surface area contributed by atoms with E-state index in [0.717, 1.165) is 12.0 Å². The fourth-order valence-corrected chi connectivity index (χ4v) is 5.62. The highest BCUT2D eigenvalue weighted by atomic mass is 35.5. The van der Waals surface area contributed by atoms with Gasteiger partial charge in [0, 0.05) is 10.7 Å². The van der Waals surface area contributed by atoms with Crippen LogP contribution in [-0.2, 0) is 14.4 Å². The molecule has 6 rings (SSSR count). The lowest BCUT2D eigenvalue weighted by atomic mass is 9.63. The van der Waals surface area contributed by atoms with Crippen molar-refractivity contribution >= 4 is 35.0 Å². The third-order valence-electron chi connectivity index (χ3n) is 6.92. The van der Waals surface area contributed by atoms with Gasteiger partial charge in [0.25, 0.3) is 0 Å². The molecule has 5 aliphatic rings. The summed E-state index contributed by atoms with van der Waals surface area (Å²) in [7, 11) is 0. The van der Waals surface area contributed by atoms with Crippen molar-refractivity contribution in [1.82, 2.24) is 4.90 Å². The van der Waals surface area contributed by atoms with Crippen LogP contribution in [0.15, 0.2) is 30.4 Å². The molecule has 2 bridgehead atoms. The number of likely N-dealkylation sites (tertiary alicyclic amines) is 1. The Bertz CT molecular complexity index is 875. The van der Waals surface area contributed by atoms with Crippen molar-refractivity contribution in [3.63, 3.8) is 0 Å². The average Bonchev–Trinajstić information content (AvgIpc) is 3.42. The number of hydrogen-bond donors (Lipinski definition) is 1. The quantitative estimate of drug-likeness (QED) is 0.643. The smallest absolute Gasteiger partial charge is 0.247 e. The number of carbonyl (C=O) groups is 3. The van der Waals surface area contributed by atoms with E-state index in [2.05, 4.69) is 17.5 Å². The number of nitrogens with zero attached hydrogens (tertiary/aromatic N) is 1. The maximum absolute atomic E-state index is 13.1. The van der Waals surface area contributed by atoms with Crippen LogP contribution in [0.4, 0.5) is 5.69 Å². The van der Waals surface area contributed by atoms with E-state index in [-0.39, 0.29) is 41.4 Å². The number of benzene rings is 1. The fourth-order valence-electron chi connectivity index (χ4n) is 5.45. The largest absolute Gasteiger partial charge is 0.324 e. The number of halogens is 1. The van der Waals surface area contributed by atoms with Gasteiger partial charge in [-0.25, -0.2) is 0 Å². The van der Waals surface area contributed by atoms with E-state index in [0.29, 0.717) is 22.5 Å². The molecule has 0 radical (unpaired) electrons. The molecular formula is C21H21ClN2O3. The molecule has 5 nitrogen and oxygen atoms in total. The van der Waals surface area contributed by atoms with Gasteiger partial charge in [-0.05, 0) is 61.6 Å². The third-order valence-corrected chi connectivity index (χ3v) is 7.16. The maximum atomic E-state index is 13.1. The molecule has 27 heavy (non-hydrogen) atoms. The molecule has 140 valence electrons. The first-order chi connectivity index (χ1) is 12.9. The lowest BCUT2D eigenvalue weighted by Gasteiger charge is -2.37. The van der Waals surface area contributed by atoms with Crippen LogP contribution >= 0.6 is 11.6 Å². The minimum absolute atomic E-state index is 0.164. The minimum Gasteiger partial charge on any atom is -0.324 e. The van der Waals surface area contributed by atoms with E-state index < -0.39 is 6.04 Å². The van der Waals surface area contributed by atoms with E-state index >= 15 is 0 Å². The van der Waals surface area contributed by atoms with E-state index in [1.54, 1.807) is 19.1 Å². The number of allylic oxidation sites excluding steroid dienone is 2. The zero-order valence-electron chi connectivity index (χ0n) is 15.2. The maximum Gasteiger partial charge on any atom is 0.247 e. The summed E-state index contributed by atoms with van der Waals surface area (Å²) in [5.41, 5.74) is 1.47. The molecule has 0 aromatic heterocycles. The van der Waals surface area contributed by atoms with Crippen molar-refractivity contribution in [3.05, 3.63) is 40.9 Å². The summed E-state index contributed by atoms with van der Waals surface area (Å²) in [5.74, 6) is 0.145.